The number of benzene rings is 2. The number of ether oxygens (including phenoxy) is 2. The smallest absolute Gasteiger partial charge is 0.408 e. The van der Waals surface area contributed by atoms with Gasteiger partial charge in [-0.25, -0.2) is 4.79 Å². The van der Waals surface area contributed by atoms with Crippen LogP contribution < -0.4 is 15.4 Å². The lowest BCUT2D eigenvalue weighted by Crippen LogP contribution is -2.47. The van der Waals surface area contributed by atoms with Crippen molar-refractivity contribution in [1.29, 1.82) is 0 Å². The van der Waals surface area contributed by atoms with Crippen molar-refractivity contribution in [3.05, 3.63) is 66.5 Å². The number of rotatable bonds is 7. The van der Waals surface area contributed by atoms with Crippen LogP contribution in [0.25, 0.3) is 22.2 Å². The van der Waals surface area contributed by atoms with Crippen LogP contribution >= 0.6 is 0 Å². The standard InChI is InChI=1S/C26H27N5O5/c1-26(2,3)35-25(33)28-21(13-16-5-9-20(34-4)10-6-16)22(32)29-24-30-23(36-31-24)18-7-8-19-15-27-12-11-17(19)14-18/h5-12,14-15,21H,13H2,1-4H3,(H,28,33)(H,29,31,32)/t21-/m0/s1. The highest BCUT2D eigenvalue weighted by Crippen LogP contribution is 2.23. The van der Waals surface area contributed by atoms with E-state index in [9.17, 15) is 9.59 Å². The molecule has 0 aliphatic carbocycles. The number of amides is 2. The zero-order chi connectivity index (χ0) is 25.7. The summed E-state index contributed by atoms with van der Waals surface area (Å²) in [6.45, 7) is 5.24. The van der Waals surface area contributed by atoms with Gasteiger partial charge in [-0.2, -0.15) is 4.98 Å². The van der Waals surface area contributed by atoms with Gasteiger partial charge in [0.1, 0.15) is 17.4 Å². The molecule has 186 valence electrons. The van der Waals surface area contributed by atoms with Gasteiger partial charge < -0.3 is 19.3 Å². The number of nitrogens with one attached hydrogen (secondary N) is 2. The van der Waals surface area contributed by atoms with Crippen LogP contribution in [0.2, 0.25) is 0 Å². The van der Waals surface area contributed by atoms with Crippen LogP contribution in [-0.2, 0) is 16.0 Å². The first-order chi connectivity index (χ1) is 17.2. The van der Waals surface area contributed by atoms with E-state index in [1.165, 1.54) is 0 Å². The second-order valence-electron chi connectivity index (χ2n) is 9.10. The third kappa shape index (κ3) is 6.35. The number of anilines is 1. The second kappa shape index (κ2) is 10.4. The minimum absolute atomic E-state index is 0.0180. The Morgan fingerprint density at radius 2 is 1.83 bits per heavy atom. The average molecular weight is 490 g/mol. The lowest BCUT2D eigenvalue weighted by molar-refractivity contribution is -0.118. The molecule has 0 aliphatic heterocycles. The van der Waals surface area contributed by atoms with Gasteiger partial charge in [-0.15, -0.1) is 0 Å². The zero-order valence-electron chi connectivity index (χ0n) is 20.4. The number of methoxy groups -OCH3 is 1. The van der Waals surface area contributed by atoms with Crippen molar-refractivity contribution in [1.82, 2.24) is 20.4 Å². The van der Waals surface area contributed by atoms with Crippen LogP contribution in [0.3, 0.4) is 0 Å². The molecule has 2 heterocycles. The molecule has 10 nitrogen and oxygen atoms in total. The molecule has 2 N–H and O–H groups in total. The van der Waals surface area contributed by atoms with Crippen molar-refractivity contribution in [3.63, 3.8) is 0 Å². The van der Waals surface area contributed by atoms with Crippen molar-refractivity contribution in [2.75, 3.05) is 12.4 Å². The molecule has 2 aromatic carbocycles. The van der Waals surface area contributed by atoms with Crippen molar-refractivity contribution in [2.45, 2.75) is 38.8 Å². The summed E-state index contributed by atoms with van der Waals surface area (Å²) in [5, 5.41) is 11.1. The number of fused-ring (bicyclic) bond motifs is 1. The molecule has 0 spiro atoms. The molecule has 0 aliphatic rings. The van der Waals surface area contributed by atoms with Gasteiger partial charge in [0.05, 0.1) is 7.11 Å². The SMILES string of the molecule is COc1ccc(C[C@H](NC(=O)OC(C)(C)C)C(=O)Nc2noc(-c3ccc4cnccc4c3)n2)cc1. The van der Waals surface area contributed by atoms with E-state index >= 15 is 0 Å². The Balaban J connectivity index is 1.50. The predicted molar refractivity (Wildman–Crippen MR) is 134 cm³/mol. The number of pyridine rings is 1. The summed E-state index contributed by atoms with van der Waals surface area (Å²) < 4.78 is 15.9. The molecule has 0 bridgehead atoms. The van der Waals surface area contributed by atoms with Crippen LogP contribution in [-0.4, -0.2) is 45.9 Å². The second-order valence-corrected chi connectivity index (χ2v) is 9.10. The largest absolute Gasteiger partial charge is 0.497 e. The molecular formula is C26H27N5O5. The van der Waals surface area contributed by atoms with Gasteiger partial charge >= 0.3 is 6.09 Å². The fourth-order valence-electron chi connectivity index (χ4n) is 3.46. The minimum atomic E-state index is -0.955. The van der Waals surface area contributed by atoms with Gasteiger partial charge in [0.2, 0.25) is 5.91 Å². The van der Waals surface area contributed by atoms with Gasteiger partial charge in [-0.3, -0.25) is 15.1 Å². The fraction of sp³-hybridized carbons (Fsp3) is 0.269. The summed E-state index contributed by atoms with van der Waals surface area (Å²) in [6, 6.07) is 13.7. The summed E-state index contributed by atoms with van der Waals surface area (Å²) in [5.74, 6) is 0.393. The predicted octanol–water partition coefficient (Wildman–Crippen LogP) is 4.37. The molecule has 1 atom stereocenters. The van der Waals surface area contributed by atoms with E-state index in [1.807, 2.05) is 36.4 Å². The Morgan fingerprint density at radius 1 is 1.06 bits per heavy atom. The third-order valence-electron chi connectivity index (χ3n) is 5.15. The lowest BCUT2D eigenvalue weighted by atomic mass is 10.1. The van der Waals surface area contributed by atoms with E-state index in [0.717, 1.165) is 16.3 Å². The quantitative estimate of drug-likeness (QED) is 0.392. The van der Waals surface area contributed by atoms with Crippen LogP contribution in [0.1, 0.15) is 26.3 Å². The maximum absolute atomic E-state index is 13.1. The summed E-state index contributed by atoms with van der Waals surface area (Å²) >= 11 is 0. The first-order valence-electron chi connectivity index (χ1n) is 11.3. The Bertz CT molecular complexity index is 1360. The summed E-state index contributed by atoms with van der Waals surface area (Å²) in [4.78, 5) is 33.9. The first kappa shape index (κ1) is 24.6. The van der Waals surface area contributed by atoms with Crippen molar-refractivity contribution < 1.29 is 23.6 Å². The molecule has 2 amide bonds. The van der Waals surface area contributed by atoms with Crippen LogP contribution in [0.5, 0.6) is 5.75 Å². The van der Waals surface area contributed by atoms with Gasteiger partial charge in [-0.1, -0.05) is 18.2 Å². The van der Waals surface area contributed by atoms with Crippen molar-refractivity contribution >= 4 is 28.7 Å². The Labute approximate surface area is 208 Å². The number of alkyl carbamates (subject to hydrolysis) is 1. The van der Waals surface area contributed by atoms with E-state index in [1.54, 1.807) is 52.4 Å². The van der Waals surface area contributed by atoms with Gasteiger partial charge in [0, 0.05) is 29.8 Å². The zero-order valence-corrected chi connectivity index (χ0v) is 20.4. The molecule has 0 saturated carbocycles. The minimum Gasteiger partial charge on any atom is -0.497 e. The number of hydrogen-bond acceptors (Lipinski definition) is 8. The molecule has 0 fully saturated rings. The maximum Gasteiger partial charge on any atom is 0.408 e. The Hall–Kier alpha value is -4.47. The molecule has 4 aromatic rings. The van der Waals surface area contributed by atoms with Crippen molar-refractivity contribution in [2.24, 2.45) is 0 Å². The maximum atomic E-state index is 13.1. The number of aromatic nitrogens is 3. The van der Waals surface area contributed by atoms with Crippen LogP contribution in [0, 0.1) is 0 Å². The van der Waals surface area contributed by atoms with E-state index in [-0.39, 0.29) is 18.3 Å². The Morgan fingerprint density at radius 3 is 2.56 bits per heavy atom. The molecular weight excluding hydrogens is 462 g/mol. The van der Waals surface area contributed by atoms with Crippen LogP contribution in [0.15, 0.2) is 65.4 Å². The topological polar surface area (TPSA) is 128 Å². The number of hydrogen-bond donors (Lipinski definition) is 2. The van der Waals surface area contributed by atoms with Crippen molar-refractivity contribution in [3.8, 4) is 17.2 Å². The van der Waals surface area contributed by atoms with E-state index in [4.69, 9.17) is 14.0 Å². The summed E-state index contributed by atoms with van der Waals surface area (Å²) in [6.07, 6.45) is 2.96. The normalized spacial score (nSPS) is 12.1. The molecule has 36 heavy (non-hydrogen) atoms. The van der Waals surface area contributed by atoms with Crippen LogP contribution in [0.4, 0.5) is 10.7 Å². The Kier molecular flexibility index (Phi) is 7.14. The first-order valence-corrected chi connectivity index (χ1v) is 11.3. The monoisotopic (exact) mass is 489 g/mol. The molecule has 10 heteroatoms. The number of nitrogens with zero attached hydrogens (tertiary/aromatic N) is 3. The highest BCUT2D eigenvalue weighted by Gasteiger charge is 2.26. The average Bonchev–Trinajstić information content (AvgIpc) is 3.31. The van der Waals surface area contributed by atoms with Gasteiger partial charge in [-0.05, 0) is 67.2 Å². The van der Waals surface area contributed by atoms with Gasteiger partial charge in [0.25, 0.3) is 11.8 Å². The lowest BCUT2D eigenvalue weighted by Gasteiger charge is -2.23. The molecule has 0 saturated heterocycles. The van der Waals surface area contributed by atoms with E-state index < -0.39 is 23.6 Å². The van der Waals surface area contributed by atoms with E-state index in [2.05, 4.69) is 25.8 Å². The molecule has 0 unspecified atom stereocenters. The van der Waals surface area contributed by atoms with E-state index in [0.29, 0.717) is 11.3 Å². The molecule has 2 aromatic heterocycles. The third-order valence-corrected chi connectivity index (χ3v) is 5.15. The van der Waals surface area contributed by atoms with Gasteiger partial charge in [0.15, 0.2) is 0 Å². The number of carbonyl (C=O) groups excluding carboxylic acids is 2. The summed E-state index contributed by atoms with van der Waals surface area (Å²) in [5.41, 5.74) is 0.791. The fourth-order valence-corrected chi connectivity index (χ4v) is 3.46. The molecule has 4 rings (SSSR count). The summed E-state index contributed by atoms with van der Waals surface area (Å²) in [7, 11) is 1.57. The highest BCUT2D eigenvalue weighted by molar-refractivity contribution is 5.95. The highest BCUT2D eigenvalue weighted by atomic mass is 16.6. The molecule has 0 radical (unpaired) electrons. The number of carbonyl (C=O) groups is 2.